The molecule has 0 aromatic heterocycles. The largest absolute Gasteiger partial charge is 0.493 e. The molecule has 2 N–H and O–H groups in total. The SMILES string of the molecule is CS(=O)(=O)NCCCNCc1ccc2c(c1)CCO2. The van der Waals surface area contributed by atoms with Crippen LogP contribution in [-0.4, -0.2) is 34.4 Å². The molecule has 1 aliphatic heterocycles. The zero-order chi connectivity index (χ0) is 13.7. The van der Waals surface area contributed by atoms with Gasteiger partial charge in [-0.3, -0.25) is 0 Å². The van der Waals surface area contributed by atoms with Crippen molar-refractivity contribution >= 4 is 10.0 Å². The first-order valence-corrected chi connectivity index (χ1v) is 8.34. The van der Waals surface area contributed by atoms with Gasteiger partial charge in [0, 0.05) is 19.5 Å². The van der Waals surface area contributed by atoms with Crippen LogP contribution in [0.5, 0.6) is 5.75 Å². The summed E-state index contributed by atoms with van der Waals surface area (Å²) in [6.07, 6.45) is 2.94. The number of ether oxygens (including phenoxy) is 1. The van der Waals surface area contributed by atoms with Crippen LogP contribution in [0, 0.1) is 0 Å². The average Bonchev–Trinajstić information content (AvgIpc) is 2.79. The Kier molecular flexibility index (Phi) is 4.79. The van der Waals surface area contributed by atoms with Crippen molar-refractivity contribution in [1.29, 1.82) is 0 Å². The molecule has 1 aromatic rings. The van der Waals surface area contributed by atoms with Crippen molar-refractivity contribution in [3.63, 3.8) is 0 Å². The summed E-state index contributed by atoms with van der Waals surface area (Å²) < 4.78 is 29.6. The third kappa shape index (κ3) is 4.81. The lowest BCUT2D eigenvalue weighted by Gasteiger charge is -2.07. The molecule has 106 valence electrons. The summed E-state index contributed by atoms with van der Waals surface area (Å²) >= 11 is 0. The second kappa shape index (κ2) is 6.36. The van der Waals surface area contributed by atoms with E-state index in [-0.39, 0.29) is 0 Å². The first-order chi connectivity index (χ1) is 9.04. The molecule has 0 bridgehead atoms. The van der Waals surface area contributed by atoms with Crippen LogP contribution in [-0.2, 0) is 23.0 Å². The first kappa shape index (κ1) is 14.3. The highest BCUT2D eigenvalue weighted by molar-refractivity contribution is 7.88. The number of sulfonamides is 1. The molecule has 1 aliphatic rings. The van der Waals surface area contributed by atoms with E-state index in [0.29, 0.717) is 6.54 Å². The number of fused-ring (bicyclic) bond motifs is 1. The Morgan fingerprint density at radius 1 is 1.32 bits per heavy atom. The molecule has 0 atom stereocenters. The van der Waals surface area contributed by atoms with Gasteiger partial charge in [-0.25, -0.2) is 13.1 Å². The van der Waals surface area contributed by atoms with Gasteiger partial charge in [0.15, 0.2) is 0 Å². The first-order valence-electron chi connectivity index (χ1n) is 6.44. The van der Waals surface area contributed by atoms with E-state index in [1.54, 1.807) is 0 Å². The van der Waals surface area contributed by atoms with Crippen molar-refractivity contribution in [1.82, 2.24) is 10.0 Å². The molecule has 0 aliphatic carbocycles. The Balaban J connectivity index is 1.66. The molecule has 0 unspecified atom stereocenters. The van der Waals surface area contributed by atoms with Gasteiger partial charge in [0.1, 0.15) is 5.75 Å². The molecule has 5 nitrogen and oxygen atoms in total. The summed E-state index contributed by atoms with van der Waals surface area (Å²) in [4.78, 5) is 0. The van der Waals surface area contributed by atoms with Gasteiger partial charge in [-0.1, -0.05) is 12.1 Å². The fraction of sp³-hybridized carbons (Fsp3) is 0.538. The Labute approximate surface area is 114 Å². The van der Waals surface area contributed by atoms with Gasteiger partial charge in [0.2, 0.25) is 10.0 Å². The van der Waals surface area contributed by atoms with Gasteiger partial charge < -0.3 is 10.1 Å². The summed E-state index contributed by atoms with van der Waals surface area (Å²) in [6.45, 7) is 2.84. The molecular formula is C13H20N2O3S. The maximum Gasteiger partial charge on any atom is 0.208 e. The number of rotatable bonds is 7. The topological polar surface area (TPSA) is 67.4 Å². The molecular weight excluding hydrogens is 264 g/mol. The van der Waals surface area contributed by atoms with E-state index in [1.807, 2.05) is 6.07 Å². The zero-order valence-corrected chi connectivity index (χ0v) is 11.9. The number of hydrogen-bond acceptors (Lipinski definition) is 4. The summed E-state index contributed by atoms with van der Waals surface area (Å²) in [5, 5.41) is 3.30. The fourth-order valence-corrected chi connectivity index (χ4v) is 2.57. The highest BCUT2D eigenvalue weighted by Gasteiger charge is 2.11. The second-order valence-electron chi connectivity index (χ2n) is 4.74. The van der Waals surface area contributed by atoms with Crippen molar-refractivity contribution in [2.45, 2.75) is 19.4 Å². The lowest BCUT2D eigenvalue weighted by Crippen LogP contribution is -2.26. The van der Waals surface area contributed by atoms with Crippen molar-refractivity contribution in [3.8, 4) is 5.75 Å². The Hall–Kier alpha value is -1.11. The van der Waals surface area contributed by atoms with Gasteiger partial charge in [-0.05, 0) is 30.2 Å². The molecule has 1 aromatic carbocycles. The van der Waals surface area contributed by atoms with Crippen LogP contribution in [0.25, 0.3) is 0 Å². The van der Waals surface area contributed by atoms with E-state index >= 15 is 0 Å². The molecule has 1 heterocycles. The van der Waals surface area contributed by atoms with E-state index in [2.05, 4.69) is 22.2 Å². The van der Waals surface area contributed by atoms with E-state index < -0.39 is 10.0 Å². The molecule has 0 saturated carbocycles. The van der Waals surface area contributed by atoms with E-state index in [4.69, 9.17) is 4.74 Å². The van der Waals surface area contributed by atoms with Crippen molar-refractivity contribution < 1.29 is 13.2 Å². The van der Waals surface area contributed by atoms with Crippen molar-refractivity contribution in [2.75, 3.05) is 26.0 Å². The molecule has 0 amide bonds. The van der Waals surface area contributed by atoms with Crippen LogP contribution < -0.4 is 14.8 Å². The van der Waals surface area contributed by atoms with Crippen LogP contribution in [0.1, 0.15) is 17.5 Å². The number of nitrogens with one attached hydrogen (secondary N) is 2. The van der Waals surface area contributed by atoms with Crippen LogP contribution in [0.2, 0.25) is 0 Å². The smallest absolute Gasteiger partial charge is 0.208 e. The van der Waals surface area contributed by atoms with Gasteiger partial charge >= 0.3 is 0 Å². The Morgan fingerprint density at radius 3 is 2.95 bits per heavy atom. The van der Waals surface area contributed by atoms with Crippen molar-refractivity contribution in [2.24, 2.45) is 0 Å². The lowest BCUT2D eigenvalue weighted by molar-refractivity contribution is 0.357. The highest BCUT2D eigenvalue weighted by atomic mass is 32.2. The van der Waals surface area contributed by atoms with Gasteiger partial charge in [-0.15, -0.1) is 0 Å². The van der Waals surface area contributed by atoms with E-state index in [0.717, 1.165) is 38.3 Å². The number of hydrogen-bond donors (Lipinski definition) is 2. The van der Waals surface area contributed by atoms with Gasteiger partial charge in [-0.2, -0.15) is 0 Å². The summed E-state index contributed by atoms with van der Waals surface area (Å²) in [6, 6.07) is 6.25. The molecule has 0 saturated heterocycles. The zero-order valence-electron chi connectivity index (χ0n) is 11.1. The maximum absolute atomic E-state index is 10.9. The third-order valence-corrected chi connectivity index (χ3v) is 3.71. The predicted octanol–water partition coefficient (Wildman–Crippen LogP) is 0.650. The molecule has 0 radical (unpaired) electrons. The quantitative estimate of drug-likeness (QED) is 0.722. The minimum absolute atomic E-state index is 0.476. The Bertz CT molecular complexity index is 529. The molecule has 0 fully saturated rings. The molecule has 2 rings (SSSR count). The lowest BCUT2D eigenvalue weighted by atomic mass is 10.1. The summed E-state index contributed by atoms with van der Waals surface area (Å²) in [7, 11) is -3.06. The highest BCUT2D eigenvalue weighted by Crippen LogP contribution is 2.25. The van der Waals surface area contributed by atoms with Crippen LogP contribution in [0.15, 0.2) is 18.2 Å². The minimum Gasteiger partial charge on any atom is -0.493 e. The number of benzene rings is 1. The van der Waals surface area contributed by atoms with Gasteiger partial charge in [0.25, 0.3) is 0 Å². The predicted molar refractivity (Wildman–Crippen MR) is 74.8 cm³/mol. The second-order valence-corrected chi connectivity index (χ2v) is 6.57. The normalized spacial score (nSPS) is 14.2. The van der Waals surface area contributed by atoms with Gasteiger partial charge in [0.05, 0.1) is 12.9 Å². The average molecular weight is 284 g/mol. The van der Waals surface area contributed by atoms with E-state index in [1.165, 1.54) is 17.4 Å². The summed E-state index contributed by atoms with van der Waals surface area (Å²) in [5.74, 6) is 1.00. The van der Waals surface area contributed by atoms with Crippen LogP contribution in [0.3, 0.4) is 0 Å². The van der Waals surface area contributed by atoms with E-state index in [9.17, 15) is 8.42 Å². The third-order valence-electron chi connectivity index (χ3n) is 2.98. The molecule has 0 spiro atoms. The minimum atomic E-state index is -3.06. The maximum atomic E-state index is 10.9. The molecule has 6 heteroatoms. The summed E-state index contributed by atoms with van der Waals surface area (Å²) in [5.41, 5.74) is 2.51. The van der Waals surface area contributed by atoms with Crippen LogP contribution in [0.4, 0.5) is 0 Å². The molecule has 19 heavy (non-hydrogen) atoms. The Morgan fingerprint density at radius 2 is 2.16 bits per heavy atom. The fourth-order valence-electron chi connectivity index (χ4n) is 2.05. The van der Waals surface area contributed by atoms with Crippen LogP contribution >= 0.6 is 0 Å². The monoisotopic (exact) mass is 284 g/mol. The van der Waals surface area contributed by atoms with Crippen molar-refractivity contribution in [3.05, 3.63) is 29.3 Å². The standard InChI is InChI=1S/C13H20N2O3S/c1-19(16,17)15-7-2-6-14-10-11-3-4-13-12(9-11)5-8-18-13/h3-4,9,14-15H,2,5-8,10H2,1H3.